The number of hydrogen-bond acceptors (Lipinski definition) is 1. The third-order valence-corrected chi connectivity index (χ3v) is 4.11. The van der Waals surface area contributed by atoms with Crippen LogP contribution in [0.4, 0.5) is 0 Å². The topological polar surface area (TPSA) is 8.17 Å². The zero-order chi connectivity index (χ0) is 12.4. The summed E-state index contributed by atoms with van der Waals surface area (Å²) in [5, 5.41) is 1.36. The van der Waals surface area contributed by atoms with E-state index in [4.69, 9.17) is 0 Å². The highest BCUT2D eigenvalue weighted by molar-refractivity contribution is 5.79. The quantitative estimate of drug-likeness (QED) is 0.784. The second kappa shape index (κ2) is 5.15. The van der Waals surface area contributed by atoms with Crippen molar-refractivity contribution in [1.29, 1.82) is 0 Å². The van der Waals surface area contributed by atoms with Gasteiger partial charge in [-0.1, -0.05) is 24.6 Å². The molecule has 0 aliphatic carbocycles. The third-order valence-electron chi connectivity index (χ3n) is 4.11. The lowest BCUT2D eigenvalue weighted by atomic mass is 10.0. The summed E-state index contributed by atoms with van der Waals surface area (Å²) < 4.78 is 2.43. The smallest absolute Gasteiger partial charge is 0.0480 e. The Bertz CT molecular complexity index is 515. The second-order valence-corrected chi connectivity index (χ2v) is 5.65. The van der Waals surface area contributed by atoms with Gasteiger partial charge in [-0.25, -0.2) is 0 Å². The average molecular weight is 242 g/mol. The van der Waals surface area contributed by atoms with Crippen LogP contribution in [0.3, 0.4) is 0 Å². The molecule has 18 heavy (non-hydrogen) atoms. The second-order valence-electron chi connectivity index (χ2n) is 5.65. The van der Waals surface area contributed by atoms with Gasteiger partial charge in [-0.2, -0.15) is 0 Å². The molecule has 1 aromatic carbocycles. The number of fused-ring (bicyclic) bond motifs is 1. The van der Waals surface area contributed by atoms with Gasteiger partial charge < -0.3 is 9.47 Å². The van der Waals surface area contributed by atoms with E-state index < -0.39 is 0 Å². The van der Waals surface area contributed by atoms with Crippen molar-refractivity contribution in [2.45, 2.75) is 25.8 Å². The summed E-state index contributed by atoms with van der Waals surface area (Å²) in [5.41, 5.74) is 1.38. The van der Waals surface area contributed by atoms with E-state index in [1.807, 2.05) is 0 Å². The van der Waals surface area contributed by atoms with Gasteiger partial charge in [0.1, 0.15) is 0 Å². The molecule has 0 spiro atoms. The Morgan fingerprint density at radius 2 is 2.06 bits per heavy atom. The standard InChI is InChI=1S/C16H22N2/c1-17-10-5-4-6-14(12-17)13-18-11-9-15-7-2-3-8-16(15)18/h2-3,7-9,11,14H,4-6,10,12-13H2,1H3. The van der Waals surface area contributed by atoms with E-state index in [9.17, 15) is 0 Å². The van der Waals surface area contributed by atoms with Gasteiger partial charge in [0, 0.05) is 24.8 Å². The van der Waals surface area contributed by atoms with Crippen LogP contribution in [0.2, 0.25) is 0 Å². The Morgan fingerprint density at radius 1 is 1.17 bits per heavy atom. The average Bonchev–Trinajstić information content (AvgIpc) is 2.66. The van der Waals surface area contributed by atoms with Crippen molar-refractivity contribution in [3.63, 3.8) is 0 Å². The number of aromatic nitrogens is 1. The minimum atomic E-state index is 0.799. The third kappa shape index (κ3) is 2.44. The van der Waals surface area contributed by atoms with Crippen LogP contribution in [0, 0.1) is 5.92 Å². The van der Waals surface area contributed by atoms with Gasteiger partial charge in [0.2, 0.25) is 0 Å². The number of nitrogens with zero attached hydrogens (tertiary/aromatic N) is 2. The molecule has 0 saturated carbocycles. The minimum absolute atomic E-state index is 0.799. The maximum absolute atomic E-state index is 2.49. The molecular weight excluding hydrogens is 220 g/mol. The Hall–Kier alpha value is -1.28. The Labute approximate surface area is 109 Å². The lowest BCUT2D eigenvalue weighted by molar-refractivity contribution is 0.282. The highest BCUT2D eigenvalue weighted by atomic mass is 15.1. The van der Waals surface area contributed by atoms with E-state index >= 15 is 0 Å². The molecule has 0 bridgehead atoms. The van der Waals surface area contributed by atoms with Crippen molar-refractivity contribution in [1.82, 2.24) is 9.47 Å². The molecule has 2 heteroatoms. The fourth-order valence-corrected chi connectivity index (χ4v) is 3.17. The molecule has 0 N–H and O–H groups in total. The lowest BCUT2D eigenvalue weighted by Gasteiger charge is -2.20. The van der Waals surface area contributed by atoms with Gasteiger partial charge in [-0.05, 0) is 49.9 Å². The number of benzene rings is 1. The Kier molecular flexibility index (Phi) is 3.37. The first-order chi connectivity index (χ1) is 8.83. The molecule has 2 nitrogen and oxygen atoms in total. The summed E-state index contributed by atoms with van der Waals surface area (Å²) >= 11 is 0. The first-order valence-electron chi connectivity index (χ1n) is 7.05. The van der Waals surface area contributed by atoms with Crippen LogP contribution in [0.25, 0.3) is 10.9 Å². The van der Waals surface area contributed by atoms with Gasteiger partial charge in [-0.15, -0.1) is 0 Å². The molecular formula is C16H22N2. The maximum atomic E-state index is 2.49. The summed E-state index contributed by atoms with van der Waals surface area (Å²) in [4.78, 5) is 2.49. The predicted octanol–water partition coefficient (Wildman–Crippen LogP) is 3.37. The van der Waals surface area contributed by atoms with Gasteiger partial charge >= 0.3 is 0 Å². The summed E-state index contributed by atoms with van der Waals surface area (Å²) in [6.45, 7) is 3.67. The molecule has 0 radical (unpaired) electrons. The Morgan fingerprint density at radius 3 is 3.00 bits per heavy atom. The summed E-state index contributed by atoms with van der Waals surface area (Å²) in [5.74, 6) is 0.799. The highest BCUT2D eigenvalue weighted by Gasteiger charge is 2.16. The van der Waals surface area contributed by atoms with E-state index in [2.05, 4.69) is 53.0 Å². The van der Waals surface area contributed by atoms with Crippen molar-refractivity contribution in [3.8, 4) is 0 Å². The van der Waals surface area contributed by atoms with Gasteiger partial charge in [0.15, 0.2) is 0 Å². The molecule has 2 aromatic rings. The van der Waals surface area contributed by atoms with Crippen molar-refractivity contribution in [3.05, 3.63) is 36.5 Å². The molecule has 2 heterocycles. The molecule has 3 rings (SSSR count). The van der Waals surface area contributed by atoms with E-state index in [0.29, 0.717) is 0 Å². The molecule has 96 valence electrons. The monoisotopic (exact) mass is 242 g/mol. The molecule has 1 unspecified atom stereocenters. The van der Waals surface area contributed by atoms with Crippen LogP contribution in [-0.4, -0.2) is 29.6 Å². The van der Waals surface area contributed by atoms with Crippen LogP contribution in [0.5, 0.6) is 0 Å². The van der Waals surface area contributed by atoms with Crippen LogP contribution >= 0.6 is 0 Å². The van der Waals surface area contributed by atoms with Crippen LogP contribution in [0.1, 0.15) is 19.3 Å². The SMILES string of the molecule is CN1CCCCC(Cn2ccc3ccccc32)C1. The predicted molar refractivity (Wildman–Crippen MR) is 76.8 cm³/mol. The molecule has 1 aromatic heterocycles. The van der Waals surface area contributed by atoms with Crippen molar-refractivity contribution < 1.29 is 0 Å². The number of likely N-dealkylation sites (tertiary alicyclic amines) is 1. The largest absolute Gasteiger partial charge is 0.347 e. The number of hydrogen-bond donors (Lipinski definition) is 0. The molecule has 0 amide bonds. The zero-order valence-electron chi connectivity index (χ0n) is 11.2. The van der Waals surface area contributed by atoms with Crippen molar-refractivity contribution >= 4 is 10.9 Å². The summed E-state index contributed by atoms with van der Waals surface area (Å²) in [6, 6.07) is 10.9. The molecule has 1 fully saturated rings. The van der Waals surface area contributed by atoms with Gasteiger partial charge in [-0.3, -0.25) is 0 Å². The number of rotatable bonds is 2. The molecule has 1 saturated heterocycles. The van der Waals surface area contributed by atoms with E-state index in [0.717, 1.165) is 12.5 Å². The molecule has 1 aliphatic heterocycles. The number of para-hydroxylation sites is 1. The van der Waals surface area contributed by atoms with Gasteiger partial charge in [0.25, 0.3) is 0 Å². The van der Waals surface area contributed by atoms with E-state index in [1.54, 1.807) is 0 Å². The highest BCUT2D eigenvalue weighted by Crippen LogP contribution is 2.21. The zero-order valence-corrected chi connectivity index (χ0v) is 11.2. The maximum Gasteiger partial charge on any atom is 0.0480 e. The fourth-order valence-electron chi connectivity index (χ4n) is 3.17. The van der Waals surface area contributed by atoms with Gasteiger partial charge in [0.05, 0.1) is 0 Å². The fraction of sp³-hybridized carbons (Fsp3) is 0.500. The molecule has 1 aliphatic rings. The van der Waals surface area contributed by atoms with Crippen LogP contribution < -0.4 is 0 Å². The Balaban J connectivity index is 1.79. The van der Waals surface area contributed by atoms with Crippen LogP contribution in [-0.2, 0) is 6.54 Å². The van der Waals surface area contributed by atoms with Crippen LogP contribution in [0.15, 0.2) is 36.5 Å². The lowest BCUT2D eigenvalue weighted by Crippen LogP contribution is -2.26. The van der Waals surface area contributed by atoms with Crippen molar-refractivity contribution in [2.75, 3.05) is 20.1 Å². The molecule has 1 atom stereocenters. The summed E-state index contributed by atoms with van der Waals surface area (Å²) in [6.07, 6.45) is 6.36. The summed E-state index contributed by atoms with van der Waals surface area (Å²) in [7, 11) is 2.26. The van der Waals surface area contributed by atoms with Crippen molar-refractivity contribution in [2.24, 2.45) is 5.92 Å². The normalized spacial score (nSPS) is 22.2. The first kappa shape index (κ1) is 11.8. The minimum Gasteiger partial charge on any atom is -0.347 e. The van der Waals surface area contributed by atoms with E-state index in [-0.39, 0.29) is 0 Å². The van der Waals surface area contributed by atoms with E-state index in [1.165, 1.54) is 43.3 Å². The first-order valence-corrected chi connectivity index (χ1v) is 7.05.